The fraction of sp³-hybridized carbons (Fsp3) is 0.118. The van der Waals surface area contributed by atoms with Crippen LogP contribution in [-0.2, 0) is 10.0 Å². The van der Waals surface area contributed by atoms with Gasteiger partial charge < -0.3 is 0 Å². The first-order valence-electron chi connectivity index (χ1n) is 6.79. The highest BCUT2D eigenvalue weighted by atomic mass is 32.2. The lowest BCUT2D eigenvalue weighted by atomic mass is 10.2. The van der Waals surface area contributed by atoms with E-state index in [4.69, 9.17) is 0 Å². The second-order valence-corrected chi connectivity index (χ2v) is 6.97. The van der Waals surface area contributed by atoms with Crippen molar-refractivity contribution in [3.05, 3.63) is 65.4 Å². The number of nitrogens with zero attached hydrogens (tertiary/aromatic N) is 2. The third-order valence-corrected chi connectivity index (χ3v) is 5.48. The van der Waals surface area contributed by atoms with Gasteiger partial charge in [-0.15, -0.1) is 0 Å². The summed E-state index contributed by atoms with van der Waals surface area (Å²) in [6, 6.07) is 15.8. The maximum atomic E-state index is 13.0. The Kier molecular flexibility index (Phi) is 3.27. The van der Waals surface area contributed by atoms with E-state index < -0.39 is 10.0 Å². The molecule has 1 heterocycles. The van der Waals surface area contributed by atoms with Crippen molar-refractivity contribution in [2.24, 2.45) is 0 Å². The SMILES string of the molecule is Cc1ccc(S(=O)(=O)n2c(C#N)c(C)c3ccccc32)cc1. The van der Waals surface area contributed by atoms with Crippen molar-refractivity contribution in [2.75, 3.05) is 0 Å². The van der Waals surface area contributed by atoms with Crippen molar-refractivity contribution in [1.29, 1.82) is 5.26 Å². The van der Waals surface area contributed by atoms with Crippen LogP contribution in [0, 0.1) is 25.2 Å². The Bertz CT molecular complexity index is 1010. The molecule has 0 spiro atoms. The predicted molar refractivity (Wildman–Crippen MR) is 85.2 cm³/mol. The van der Waals surface area contributed by atoms with E-state index in [0.717, 1.165) is 14.9 Å². The van der Waals surface area contributed by atoms with E-state index in [1.807, 2.05) is 25.1 Å². The number of rotatable bonds is 2. The first kappa shape index (κ1) is 14.4. The predicted octanol–water partition coefficient (Wildman–Crippen LogP) is 3.37. The molecule has 110 valence electrons. The Morgan fingerprint density at radius 1 is 1.00 bits per heavy atom. The van der Waals surface area contributed by atoms with Crippen molar-refractivity contribution in [2.45, 2.75) is 18.7 Å². The van der Waals surface area contributed by atoms with Crippen molar-refractivity contribution in [1.82, 2.24) is 3.97 Å². The molecule has 0 N–H and O–H groups in total. The van der Waals surface area contributed by atoms with Crippen LogP contribution < -0.4 is 0 Å². The van der Waals surface area contributed by atoms with Gasteiger partial charge >= 0.3 is 0 Å². The molecule has 0 aliphatic rings. The van der Waals surface area contributed by atoms with Gasteiger partial charge in [0.25, 0.3) is 10.0 Å². The van der Waals surface area contributed by atoms with E-state index in [1.165, 1.54) is 0 Å². The molecule has 3 rings (SSSR count). The van der Waals surface area contributed by atoms with Gasteiger partial charge in [-0.3, -0.25) is 0 Å². The molecule has 0 bridgehead atoms. The molecular formula is C17H14N2O2S. The molecule has 5 heteroatoms. The lowest BCUT2D eigenvalue weighted by Crippen LogP contribution is -2.14. The third kappa shape index (κ3) is 2.00. The zero-order valence-corrected chi connectivity index (χ0v) is 13.1. The smallest absolute Gasteiger partial charge is 0.223 e. The minimum absolute atomic E-state index is 0.154. The van der Waals surface area contributed by atoms with Gasteiger partial charge in [0.2, 0.25) is 0 Å². The minimum Gasteiger partial charge on any atom is -0.223 e. The molecule has 0 unspecified atom stereocenters. The molecular weight excluding hydrogens is 296 g/mol. The van der Waals surface area contributed by atoms with E-state index in [0.29, 0.717) is 11.1 Å². The second kappa shape index (κ2) is 5.00. The molecule has 0 saturated heterocycles. The normalized spacial score (nSPS) is 11.5. The molecule has 0 atom stereocenters. The number of nitriles is 1. The van der Waals surface area contributed by atoms with Crippen LogP contribution in [0.25, 0.3) is 10.9 Å². The summed E-state index contributed by atoms with van der Waals surface area (Å²) in [5.41, 5.74) is 2.33. The number of hydrogen-bond acceptors (Lipinski definition) is 3. The molecule has 2 aromatic carbocycles. The summed E-state index contributed by atoms with van der Waals surface area (Å²) >= 11 is 0. The maximum absolute atomic E-state index is 13.0. The number of benzene rings is 2. The van der Waals surface area contributed by atoms with Crippen molar-refractivity contribution in [3.8, 4) is 6.07 Å². The molecule has 22 heavy (non-hydrogen) atoms. The van der Waals surface area contributed by atoms with E-state index in [2.05, 4.69) is 0 Å². The van der Waals surface area contributed by atoms with Crippen LogP contribution in [0.5, 0.6) is 0 Å². The first-order chi connectivity index (χ1) is 10.5. The Labute approximate surface area is 129 Å². The monoisotopic (exact) mass is 310 g/mol. The van der Waals surface area contributed by atoms with Gasteiger partial charge in [-0.1, -0.05) is 35.9 Å². The fourth-order valence-electron chi connectivity index (χ4n) is 2.56. The van der Waals surface area contributed by atoms with E-state index in [9.17, 15) is 13.7 Å². The summed E-state index contributed by atoms with van der Waals surface area (Å²) in [5.74, 6) is 0. The molecule has 0 saturated carbocycles. The maximum Gasteiger partial charge on any atom is 0.269 e. The van der Waals surface area contributed by atoms with Gasteiger partial charge in [-0.25, -0.2) is 12.4 Å². The Morgan fingerprint density at radius 2 is 1.64 bits per heavy atom. The number of aryl methyl sites for hydroxylation is 2. The topological polar surface area (TPSA) is 62.9 Å². The average molecular weight is 310 g/mol. The van der Waals surface area contributed by atoms with E-state index in [-0.39, 0.29) is 10.6 Å². The highest BCUT2D eigenvalue weighted by Crippen LogP contribution is 2.29. The zero-order chi connectivity index (χ0) is 15.9. The standard InChI is InChI=1S/C17H14N2O2S/c1-12-7-9-14(10-8-12)22(20,21)19-16-6-4-3-5-15(16)13(2)17(19)11-18/h3-10H,1-2H3. The van der Waals surface area contributed by atoms with Crippen molar-refractivity contribution < 1.29 is 8.42 Å². The summed E-state index contributed by atoms with van der Waals surface area (Å²) < 4.78 is 27.1. The molecule has 0 aliphatic heterocycles. The largest absolute Gasteiger partial charge is 0.269 e. The highest BCUT2D eigenvalue weighted by Gasteiger charge is 2.25. The first-order valence-corrected chi connectivity index (χ1v) is 8.23. The number of para-hydroxylation sites is 1. The average Bonchev–Trinajstić information content (AvgIpc) is 2.81. The minimum atomic E-state index is -3.81. The number of aromatic nitrogens is 1. The summed E-state index contributed by atoms with van der Waals surface area (Å²) in [6.07, 6.45) is 0. The van der Waals surface area contributed by atoms with Crippen molar-refractivity contribution >= 4 is 20.9 Å². The van der Waals surface area contributed by atoms with Gasteiger partial charge in [0.05, 0.1) is 10.4 Å². The lowest BCUT2D eigenvalue weighted by Gasteiger charge is -2.09. The Morgan fingerprint density at radius 3 is 2.27 bits per heavy atom. The Balaban J connectivity index is 2.39. The third-order valence-electron chi connectivity index (χ3n) is 3.75. The summed E-state index contributed by atoms with van der Waals surface area (Å²) in [5, 5.41) is 10.2. The fourth-order valence-corrected chi connectivity index (χ4v) is 4.09. The van der Waals surface area contributed by atoms with Crippen LogP contribution in [0.4, 0.5) is 0 Å². The molecule has 3 aromatic rings. The molecule has 0 fully saturated rings. The van der Waals surface area contributed by atoms with Gasteiger partial charge in [0.1, 0.15) is 11.8 Å². The van der Waals surface area contributed by atoms with Gasteiger partial charge in [0, 0.05) is 5.39 Å². The molecule has 0 aliphatic carbocycles. The molecule has 1 aromatic heterocycles. The molecule has 4 nitrogen and oxygen atoms in total. The van der Waals surface area contributed by atoms with Crippen LogP contribution >= 0.6 is 0 Å². The summed E-state index contributed by atoms with van der Waals surface area (Å²) in [6.45, 7) is 3.66. The molecule has 0 radical (unpaired) electrons. The second-order valence-electron chi connectivity index (χ2n) is 5.19. The van der Waals surface area contributed by atoms with Gasteiger partial charge in [-0.05, 0) is 37.6 Å². The van der Waals surface area contributed by atoms with E-state index in [1.54, 1.807) is 43.3 Å². The van der Waals surface area contributed by atoms with Gasteiger partial charge in [0.15, 0.2) is 0 Å². The van der Waals surface area contributed by atoms with Crippen LogP contribution in [0.15, 0.2) is 53.4 Å². The van der Waals surface area contributed by atoms with Crippen LogP contribution in [0.1, 0.15) is 16.8 Å². The Hall–Kier alpha value is -2.58. The molecule has 0 amide bonds. The quantitative estimate of drug-likeness (QED) is 0.729. The zero-order valence-electron chi connectivity index (χ0n) is 12.2. The van der Waals surface area contributed by atoms with Crippen LogP contribution in [0.3, 0.4) is 0 Å². The number of fused-ring (bicyclic) bond motifs is 1. The van der Waals surface area contributed by atoms with Gasteiger partial charge in [-0.2, -0.15) is 5.26 Å². The van der Waals surface area contributed by atoms with E-state index >= 15 is 0 Å². The van der Waals surface area contributed by atoms with Crippen LogP contribution in [-0.4, -0.2) is 12.4 Å². The van der Waals surface area contributed by atoms with Crippen molar-refractivity contribution in [3.63, 3.8) is 0 Å². The lowest BCUT2D eigenvalue weighted by molar-refractivity contribution is 0.588. The summed E-state index contributed by atoms with van der Waals surface area (Å²) in [7, 11) is -3.81. The summed E-state index contributed by atoms with van der Waals surface area (Å²) in [4.78, 5) is 0.176. The number of hydrogen-bond donors (Lipinski definition) is 0. The highest BCUT2D eigenvalue weighted by molar-refractivity contribution is 7.90. The van der Waals surface area contributed by atoms with Crippen LogP contribution in [0.2, 0.25) is 0 Å².